The van der Waals surface area contributed by atoms with Crippen LogP contribution < -0.4 is 5.32 Å². The SMILES string of the molecule is CC(C)(C)Sc1ccc(NC(=O)CC2(C(=O)O)CCC2)cc1. The number of anilines is 1. The molecule has 1 aromatic rings. The van der Waals surface area contributed by atoms with Gasteiger partial charge in [0.15, 0.2) is 0 Å². The Morgan fingerprint density at radius 1 is 1.23 bits per heavy atom. The fraction of sp³-hybridized carbons (Fsp3) is 0.529. The van der Waals surface area contributed by atoms with Crippen molar-refractivity contribution >= 4 is 29.3 Å². The number of carbonyl (C=O) groups is 2. The number of carboxylic acid groups (broad SMARTS) is 1. The van der Waals surface area contributed by atoms with Crippen LogP contribution in [-0.2, 0) is 9.59 Å². The van der Waals surface area contributed by atoms with Crippen molar-refractivity contribution in [2.24, 2.45) is 5.41 Å². The summed E-state index contributed by atoms with van der Waals surface area (Å²) in [5.41, 5.74) is -0.130. The number of nitrogens with one attached hydrogen (secondary N) is 1. The quantitative estimate of drug-likeness (QED) is 0.799. The average Bonchev–Trinajstić information content (AvgIpc) is 2.34. The number of thioether (sulfide) groups is 1. The van der Waals surface area contributed by atoms with Crippen LogP contribution in [0.15, 0.2) is 29.2 Å². The number of hydrogen-bond acceptors (Lipinski definition) is 3. The molecule has 0 atom stereocenters. The lowest BCUT2D eigenvalue weighted by Gasteiger charge is -2.36. The van der Waals surface area contributed by atoms with Crippen LogP contribution in [0.4, 0.5) is 5.69 Å². The minimum Gasteiger partial charge on any atom is -0.481 e. The first-order valence-corrected chi connectivity index (χ1v) is 8.34. The number of amides is 1. The van der Waals surface area contributed by atoms with Gasteiger partial charge in [0.05, 0.1) is 5.41 Å². The molecule has 1 fully saturated rings. The number of carboxylic acids is 1. The molecule has 1 amide bonds. The van der Waals surface area contributed by atoms with Gasteiger partial charge < -0.3 is 10.4 Å². The number of benzene rings is 1. The van der Waals surface area contributed by atoms with Crippen molar-refractivity contribution < 1.29 is 14.7 Å². The Kier molecular flexibility index (Phi) is 4.85. The lowest BCUT2D eigenvalue weighted by molar-refractivity contribution is -0.157. The van der Waals surface area contributed by atoms with E-state index in [0.29, 0.717) is 18.5 Å². The third-order valence-corrected chi connectivity index (χ3v) is 4.95. The molecular formula is C17H23NO3S. The van der Waals surface area contributed by atoms with Crippen LogP contribution >= 0.6 is 11.8 Å². The molecule has 22 heavy (non-hydrogen) atoms. The number of hydrogen-bond donors (Lipinski definition) is 2. The van der Waals surface area contributed by atoms with Crippen molar-refractivity contribution in [1.29, 1.82) is 0 Å². The zero-order valence-corrected chi connectivity index (χ0v) is 14.1. The standard InChI is InChI=1S/C17H23NO3S/c1-16(2,3)22-13-7-5-12(6-8-13)18-14(19)11-17(15(20)21)9-4-10-17/h5-8H,4,9-11H2,1-3H3,(H,18,19)(H,20,21). The van der Waals surface area contributed by atoms with E-state index in [2.05, 4.69) is 26.1 Å². The largest absolute Gasteiger partial charge is 0.481 e. The molecule has 4 nitrogen and oxygen atoms in total. The van der Waals surface area contributed by atoms with E-state index < -0.39 is 11.4 Å². The fourth-order valence-electron chi connectivity index (χ4n) is 2.54. The van der Waals surface area contributed by atoms with Gasteiger partial charge >= 0.3 is 5.97 Å². The molecule has 0 spiro atoms. The molecule has 2 N–H and O–H groups in total. The van der Waals surface area contributed by atoms with Gasteiger partial charge in [0.2, 0.25) is 5.91 Å². The van der Waals surface area contributed by atoms with E-state index in [-0.39, 0.29) is 17.1 Å². The van der Waals surface area contributed by atoms with Gasteiger partial charge in [0.25, 0.3) is 0 Å². The lowest BCUT2D eigenvalue weighted by atomic mass is 9.66. The summed E-state index contributed by atoms with van der Waals surface area (Å²) in [6.07, 6.45) is 2.13. The number of rotatable bonds is 5. The highest BCUT2D eigenvalue weighted by atomic mass is 32.2. The Labute approximate surface area is 135 Å². The van der Waals surface area contributed by atoms with Gasteiger partial charge in [-0.05, 0) is 37.1 Å². The van der Waals surface area contributed by atoms with Crippen molar-refractivity contribution in [1.82, 2.24) is 0 Å². The van der Waals surface area contributed by atoms with E-state index in [0.717, 1.165) is 11.3 Å². The van der Waals surface area contributed by atoms with Gasteiger partial charge in [-0.25, -0.2) is 0 Å². The molecule has 120 valence electrons. The van der Waals surface area contributed by atoms with Crippen LogP contribution in [0.1, 0.15) is 46.5 Å². The van der Waals surface area contributed by atoms with E-state index >= 15 is 0 Å². The van der Waals surface area contributed by atoms with Gasteiger partial charge in [0, 0.05) is 21.8 Å². The maximum atomic E-state index is 12.1. The van der Waals surface area contributed by atoms with Crippen molar-refractivity contribution in [3.63, 3.8) is 0 Å². The second-order valence-corrected chi connectivity index (χ2v) is 8.80. The summed E-state index contributed by atoms with van der Waals surface area (Å²) in [5.74, 6) is -1.08. The van der Waals surface area contributed by atoms with Crippen LogP contribution in [0, 0.1) is 5.41 Å². The molecule has 0 radical (unpaired) electrons. The predicted octanol–water partition coefficient (Wildman–Crippen LogP) is 4.16. The minimum atomic E-state index is -0.856. The van der Waals surface area contributed by atoms with Crippen LogP contribution in [0.5, 0.6) is 0 Å². The molecule has 2 rings (SSSR count). The number of aliphatic carboxylic acids is 1. The highest BCUT2D eigenvalue weighted by Crippen LogP contribution is 2.44. The summed E-state index contributed by atoms with van der Waals surface area (Å²) in [7, 11) is 0. The normalized spacial score (nSPS) is 16.7. The molecule has 1 aliphatic carbocycles. The summed E-state index contributed by atoms with van der Waals surface area (Å²) >= 11 is 1.76. The van der Waals surface area contributed by atoms with E-state index in [1.807, 2.05) is 24.3 Å². The fourth-order valence-corrected chi connectivity index (χ4v) is 3.52. The van der Waals surface area contributed by atoms with Crippen LogP contribution in [0.3, 0.4) is 0 Å². The second-order valence-electron chi connectivity index (χ2n) is 6.90. The smallest absolute Gasteiger partial charge is 0.310 e. The molecule has 0 bridgehead atoms. The van der Waals surface area contributed by atoms with Crippen molar-refractivity contribution in [2.45, 2.75) is 56.1 Å². The summed E-state index contributed by atoms with van der Waals surface area (Å²) in [4.78, 5) is 24.5. The first-order valence-electron chi connectivity index (χ1n) is 7.53. The molecule has 0 unspecified atom stereocenters. The van der Waals surface area contributed by atoms with Crippen molar-refractivity contribution in [3.05, 3.63) is 24.3 Å². The maximum absolute atomic E-state index is 12.1. The highest BCUT2D eigenvalue weighted by Gasteiger charge is 2.45. The van der Waals surface area contributed by atoms with Gasteiger partial charge in [-0.3, -0.25) is 9.59 Å². The predicted molar refractivity (Wildman–Crippen MR) is 89.2 cm³/mol. The van der Waals surface area contributed by atoms with E-state index in [4.69, 9.17) is 0 Å². The Bertz CT molecular complexity index is 556. The molecule has 0 saturated heterocycles. The molecule has 1 aliphatic rings. The molecular weight excluding hydrogens is 298 g/mol. The third-order valence-electron chi connectivity index (χ3n) is 3.83. The monoisotopic (exact) mass is 321 g/mol. The lowest BCUT2D eigenvalue weighted by Crippen LogP contribution is -2.41. The van der Waals surface area contributed by atoms with Gasteiger partial charge in [-0.2, -0.15) is 0 Å². The Balaban J connectivity index is 1.93. The topological polar surface area (TPSA) is 66.4 Å². The van der Waals surface area contributed by atoms with Gasteiger partial charge in [0.1, 0.15) is 0 Å². The Morgan fingerprint density at radius 3 is 2.23 bits per heavy atom. The average molecular weight is 321 g/mol. The summed E-state index contributed by atoms with van der Waals surface area (Å²) < 4.78 is 0.142. The highest BCUT2D eigenvalue weighted by molar-refractivity contribution is 8.00. The van der Waals surface area contributed by atoms with Gasteiger partial charge in [-0.15, -0.1) is 11.8 Å². The molecule has 1 aromatic carbocycles. The molecule has 0 aliphatic heterocycles. The van der Waals surface area contributed by atoms with E-state index in [1.165, 1.54) is 0 Å². The molecule has 1 saturated carbocycles. The Morgan fingerprint density at radius 2 is 1.82 bits per heavy atom. The first kappa shape index (κ1) is 16.9. The van der Waals surface area contributed by atoms with Crippen molar-refractivity contribution in [3.8, 4) is 0 Å². The van der Waals surface area contributed by atoms with E-state index in [9.17, 15) is 14.7 Å². The first-order chi connectivity index (χ1) is 10.2. The number of carbonyl (C=O) groups excluding carboxylic acids is 1. The van der Waals surface area contributed by atoms with E-state index in [1.54, 1.807) is 11.8 Å². The zero-order valence-electron chi connectivity index (χ0n) is 13.3. The van der Waals surface area contributed by atoms with Crippen molar-refractivity contribution in [2.75, 3.05) is 5.32 Å². The molecule has 0 heterocycles. The minimum absolute atomic E-state index is 0.0564. The molecule has 5 heteroatoms. The second kappa shape index (κ2) is 6.32. The third kappa shape index (κ3) is 4.26. The Hall–Kier alpha value is -1.49. The summed E-state index contributed by atoms with van der Waals surface area (Å²) in [6, 6.07) is 7.67. The van der Waals surface area contributed by atoms with Crippen LogP contribution in [0.2, 0.25) is 0 Å². The van der Waals surface area contributed by atoms with Crippen LogP contribution in [0.25, 0.3) is 0 Å². The summed E-state index contributed by atoms with van der Waals surface area (Å²) in [6.45, 7) is 6.45. The maximum Gasteiger partial charge on any atom is 0.310 e. The van der Waals surface area contributed by atoms with Gasteiger partial charge in [-0.1, -0.05) is 27.2 Å². The zero-order chi connectivity index (χ0) is 16.4. The molecule has 0 aromatic heterocycles. The van der Waals surface area contributed by atoms with Crippen LogP contribution in [-0.4, -0.2) is 21.7 Å². The summed E-state index contributed by atoms with van der Waals surface area (Å²) in [5, 5.41) is 12.1.